The molecule has 5 heteroatoms. The molecular formula is C14H16F3NO. The van der Waals surface area contributed by atoms with Crippen LogP contribution >= 0.6 is 0 Å². The van der Waals surface area contributed by atoms with E-state index in [0.717, 1.165) is 0 Å². The van der Waals surface area contributed by atoms with Gasteiger partial charge in [0.2, 0.25) is 0 Å². The molecule has 0 N–H and O–H groups in total. The van der Waals surface area contributed by atoms with Crippen molar-refractivity contribution >= 4 is 5.78 Å². The molecule has 19 heavy (non-hydrogen) atoms. The summed E-state index contributed by atoms with van der Waals surface area (Å²) in [4.78, 5) is 16.1. The topological polar surface area (TPSA) is 30.0 Å². The van der Waals surface area contributed by atoms with Crippen molar-refractivity contribution in [2.75, 3.05) is 0 Å². The fourth-order valence-electron chi connectivity index (χ4n) is 2.57. The van der Waals surface area contributed by atoms with E-state index in [1.54, 1.807) is 24.4 Å². The first-order valence-electron chi connectivity index (χ1n) is 6.46. The molecule has 1 heterocycles. The molecular weight excluding hydrogens is 255 g/mol. The number of carbonyl (C=O) groups is 1. The Hall–Kier alpha value is -1.39. The van der Waals surface area contributed by atoms with Crippen molar-refractivity contribution in [1.82, 2.24) is 4.98 Å². The average molecular weight is 271 g/mol. The molecule has 0 aromatic carbocycles. The summed E-state index contributed by atoms with van der Waals surface area (Å²) < 4.78 is 37.6. The van der Waals surface area contributed by atoms with Crippen LogP contribution in [-0.4, -0.2) is 16.9 Å². The summed E-state index contributed by atoms with van der Waals surface area (Å²) in [7, 11) is 0. The van der Waals surface area contributed by atoms with Gasteiger partial charge in [-0.15, -0.1) is 0 Å². The van der Waals surface area contributed by atoms with E-state index in [9.17, 15) is 18.0 Å². The van der Waals surface area contributed by atoms with Gasteiger partial charge < -0.3 is 0 Å². The molecule has 1 saturated carbocycles. The summed E-state index contributed by atoms with van der Waals surface area (Å²) in [5.41, 5.74) is 0.686. The van der Waals surface area contributed by atoms with Gasteiger partial charge in [-0.2, -0.15) is 13.2 Å². The molecule has 2 rings (SSSR count). The molecule has 0 unspecified atom stereocenters. The van der Waals surface area contributed by atoms with Crippen molar-refractivity contribution in [1.29, 1.82) is 0 Å². The molecule has 0 aliphatic heterocycles. The molecule has 0 saturated heterocycles. The van der Waals surface area contributed by atoms with Crippen molar-refractivity contribution in [3.63, 3.8) is 0 Å². The summed E-state index contributed by atoms with van der Waals surface area (Å²) >= 11 is 0. The Kier molecular flexibility index (Phi) is 4.22. The molecule has 0 amide bonds. The maximum absolute atomic E-state index is 12.5. The van der Waals surface area contributed by atoms with Gasteiger partial charge in [0, 0.05) is 24.2 Å². The standard InChI is InChI=1S/C14H16F3NO/c15-14(16,17)11-6-4-10(5-7-11)13(19)9-12-3-1-2-8-18-12/h1-3,8,10-11H,4-7,9H2. The van der Waals surface area contributed by atoms with E-state index >= 15 is 0 Å². The Bertz CT molecular complexity index is 422. The van der Waals surface area contributed by atoms with Crippen molar-refractivity contribution in [3.8, 4) is 0 Å². The number of halogens is 3. The van der Waals surface area contributed by atoms with Gasteiger partial charge in [0.25, 0.3) is 0 Å². The molecule has 1 aliphatic rings. The third kappa shape index (κ3) is 3.78. The van der Waals surface area contributed by atoms with Crippen LogP contribution in [0, 0.1) is 11.8 Å². The predicted octanol–water partition coefficient (Wildman–Crippen LogP) is 3.56. The van der Waals surface area contributed by atoms with Crippen molar-refractivity contribution in [2.45, 2.75) is 38.3 Å². The summed E-state index contributed by atoms with van der Waals surface area (Å²) in [6.07, 6.45) is -1.45. The Labute approximate surface area is 110 Å². The second-order valence-electron chi connectivity index (χ2n) is 5.05. The molecule has 0 atom stereocenters. The van der Waals surface area contributed by atoms with Crippen LogP contribution in [0.5, 0.6) is 0 Å². The van der Waals surface area contributed by atoms with Gasteiger partial charge in [0.15, 0.2) is 0 Å². The van der Waals surface area contributed by atoms with E-state index in [4.69, 9.17) is 0 Å². The molecule has 0 spiro atoms. The lowest BCUT2D eigenvalue weighted by atomic mass is 9.79. The van der Waals surface area contributed by atoms with Gasteiger partial charge in [-0.1, -0.05) is 6.07 Å². The SMILES string of the molecule is O=C(Cc1ccccn1)C1CCC(C(F)(F)F)CC1. The maximum atomic E-state index is 12.5. The lowest BCUT2D eigenvalue weighted by Gasteiger charge is -2.29. The number of nitrogens with zero attached hydrogens (tertiary/aromatic N) is 1. The zero-order valence-corrected chi connectivity index (χ0v) is 10.5. The molecule has 0 radical (unpaired) electrons. The number of hydrogen-bond acceptors (Lipinski definition) is 2. The summed E-state index contributed by atoms with van der Waals surface area (Å²) in [6, 6.07) is 5.33. The Balaban J connectivity index is 1.86. The van der Waals surface area contributed by atoms with Crippen molar-refractivity contribution in [2.24, 2.45) is 11.8 Å². The minimum absolute atomic E-state index is 0.0133. The van der Waals surface area contributed by atoms with Crippen LogP contribution in [-0.2, 0) is 11.2 Å². The number of aromatic nitrogens is 1. The molecule has 1 aliphatic carbocycles. The quantitative estimate of drug-likeness (QED) is 0.841. The van der Waals surface area contributed by atoms with Crippen LogP contribution in [0.2, 0.25) is 0 Å². The highest BCUT2D eigenvalue weighted by Gasteiger charge is 2.42. The van der Waals surface area contributed by atoms with Gasteiger partial charge in [0.05, 0.1) is 5.92 Å². The Morgan fingerprint density at radius 3 is 2.42 bits per heavy atom. The lowest BCUT2D eigenvalue weighted by Crippen LogP contribution is -2.30. The molecule has 1 aromatic rings. The predicted molar refractivity (Wildman–Crippen MR) is 64.5 cm³/mol. The lowest BCUT2D eigenvalue weighted by molar-refractivity contribution is -0.184. The number of alkyl halides is 3. The van der Waals surface area contributed by atoms with E-state index in [1.807, 2.05) is 0 Å². The number of rotatable bonds is 3. The minimum Gasteiger partial charge on any atom is -0.299 e. The van der Waals surface area contributed by atoms with E-state index in [2.05, 4.69) is 4.98 Å². The normalized spacial score (nSPS) is 24.2. The maximum Gasteiger partial charge on any atom is 0.391 e. The summed E-state index contributed by atoms with van der Waals surface area (Å²) in [6.45, 7) is 0. The Morgan fingerprint density at radius 1 is 1.21 bits per heavy atom. The second-order valence-corrected chi connectivity index (χ2v) is 5.05. The largest absolute Gasteiger partial charge is 0.391 e. The van der Waals surface area contributed by atoms with E-state index in [0.29, 0.717) is 18.5 Å². The smallest absolute Gasteiger partial charge is 0.299 e. The van der Waals surface area contributed by atoms with Gasteiger partial charge in [-0.3, -0.25) is 9.78 Å². The van der Waals surface area contributed by atoms with Gasteiger partial charge in [-0.25, -0.2) is 0 Å². The number of Topliss-reactive ketones (excluding diaryl/α,β-unsaturated/α-hetero) is 1. The van der Waals surface area contributed by atoms with Crippen LogP contribution in [0.4, 0.5) is 13.2 Å². The summed E-state index contributed by atoms with van der Waals surface area (Å²) in [5, 5.41) is 0. The first kappa shape index (κ1) is 14.0. The van der Waals surface area contributed by atoms with Gasteiger partial charge in [-0.05, 0) is 37.8 Å². The van der Waals surface area contributed by atoms with Crippen LogP contribution in [0.15, 0.2) is 24.4 Å². The molecule has 0 bridgehead atoms. The highest BCUT2D eigenvalue weighted by atomic mass is 19.4. The first-order chi connectivity index (χ1) is 8.97. The highest BCUT2D eigenvalue weighted by molar-refractivity contribution is 5.82. The monoisotopic (exact) mass is 271 g/mol. The number of pyridine rings is 1. The molecule has 2 nitrogen and oxygen atoms in total. The van der Waals surface area contributed by atoms with Crippen LogP contribution in [0.25, 0.3) is 0 Å². The fraction of sp³-hybridized carbons (Fsp3) is 0.571. The third-order valence-electron chi connectivity index (χ3n) is 3.73. The third-order valence-corrected chi connectivity index (χ3v) is 3.73. The highest BCUT2D eigenvalue weighted by Crippen LogP contribution is 2.39. The molecule has 1 fully saturated rings. The fourth-order valence-corrected chi connectivity index (χ4v) is 2.57. The number of carbonyl (C=O) groups excluding carboxylic acids is 1. The Morgan fingerprint density at radius 2 is 1.89 bits per heavy atom. The number of ketones is 1. The van der Waals surface area contributed by atoms with E-state index in [1.165, 1.54) is 0 Å². The van der Waals surface area contributed by atoms with E-state index in [-0.39, 0.29) is 31.0 Å². The zero-order chi connectivity index (χ0) is 13.9. The first-order valence-corrected chi connectivity index (χ1v) is 6.46. The van der Waals surface area contributed by atoms with Crippen LogP contribution in [0.1, 0.15) is 31.4 Å². The zero-order valence-electron chi connectivity index (χ0n) is 10.5. The number of hydrogen-bond donors (Lipinski definition) is 0. The van der Waals surface area contributed by atoms with E-state index < -0.39 is 12.1 Å². The second kappa shape index (κ2) is 5.72. The van der Waals surface area contributed by atoms with Gasteiger partial charge >= 0.3 is 6.18 Å². The minimum atomic E-state index is -4.12. The molecule has 1 aromatic heterocycles. The van der Waals surface area contributed by atoms with Crippen LogP contribution in [0.3, 0.4) is 0 Å². The van der Waals surface area contributed by atoms with Crippen molar-refractivity contribution < 1.29 is 18.0 Å². The van der Waals surface area contributed by atoms with Crippen molar-refractivity contribution in [3.05, 3.63) is 30.1 Å². The van der Waals surface area contributed by atoms with Gasteiger partial charge in [0.1, 0.15) is 5.78 Å². The van der Waals surface area contributed by atoms with Crippen LogP contribution < -0.4 is 0 Å². The summed E-state index contributed by atoms with van der Waals surface area (Å²) in [5.74, 6) is -1.45. The molecule has 104 valence electrons. The average Bonchev–Trinajstić information content (AvgIpc) is 2.39.